The topological polar surface area (TPSA) is 62.3 Å². The Morgan fingerprint density at radius 2 is 1.69 bits per heavy atom. The zero-order valence-electron chi connectivity index (χ0n) is 17.4. The number of benzene rings is 2. The van der Waals surface area contributed by atoms with Crippen LogP contribution in [0.4, 0.5) is 11.8 Å². The van der Waals surface area contributed by atoms with Crippen LogP contribution >= 0.6 is 0 Å². The van der Waals surface area contributed by atoms with Crippen LogP contribution in [0.1, 0.15) is 12.0 Å². The summed E-state index contributed by atoms with van der Waals surface area (Å²) in [4.78, 5) is 11.5. The Bertz CT molecular complexity index is 882. The molecule has 0 fully saturated rings. The molecule has 0 bridgehead atoms. The van der Waals surface area contributed by atoms with Gasteiger partial charge in [-0.2, -0.15) is 4.98 Å². The van der Waals surface area contributed by atoms with Gasteiger partial charge in [-0.15, -0.1) is 0 Å². The first kappa shape index (κ1) is 20.6. The van der Waals surface area contributed by atoms with Crippen molar-refractivity contribution in [3.8, 4) is 17.0 Å². The molecule has 0 aliphatic rings. The van der Waals surface area contributed by atoms with E-state index >= 15 is 0 Å². The number of aromatic nitrogens is 2. The Morgan fingerprint density at radius 1 is 0.931 bits per heavy atom. The predicted octanol–water partition coefficient (Wildman–Crippen LogP) is 4.13. The summed E-state index contributed by atoms with van der Waals surface area (Å²) in [5.41, 5.74) is 3.10. The Labute approximate surface area is 173 Å². The first-order valence-corrected chi connectivity index (χ1v) is 9.84. The van der Waals surface area contributed by atoms with Crippen molar-refractivity contribution in [1.29, 1.82) is 0 Å². The standard InChI is InChI=1S/C23H29N5O/c1-28(2)15-7-14-24-22-16-21(19-8-5-4-6-9-19)26-23(27-22)25-17-18-10-12-20(29-3)13-11-18/h4-6,8-13,16H,7,14-15,17H2,1-3H3,(H2,24,25,26,27). The summed E-state index contributed by atoms with van der Waals surface area (Å²) in [6, 6.07) is 20.2. The van der Waals surface area contributed by atoms with Gasteiger partial charge in [0.25, 0.3) is 0 Å². The van der Waals surface area contributed by atoms with Gasteiger partial charge in [-0.25, -0.2) is 4.98 Å². The lowest BCUT2D eigenvalue weighted by molar-refractivity contribution is 0.405. The molecular weight excluding hydrogens is 362 g/mol. The van der Waals surface area contributed by atoms with Gasteiger partial charge in [0, 0.05) is 24.7 Å². The monoisotopic (exact) mass is 391 g/mol. The average molecular weight is 392 g/mol. The quantitative estimate of drug-likeness (QED) is 0.507. The number of methoxy groups -OCH3 is 1. The van der Waals surface area contributed by atoms with E-state index in [1.807, 2.05) is 48.5 Å². The maximum absolute atomic E-state index is 5.22. The van der Waals surface area contributed by atoms with Crippen molar-refractivity contribution in [3.63, 3.8) is 0 Å². The molecule has 0 aliphatic carbocycles. The molecule has 152 valence electrons. The van der Waals surface area contributed by atoms with E-state index in [1.165, 1.54) is 0 Å². The van der Waals surface area contributed by atoms with Crippen molar-refractivity contribution in [2.75, 3.05) is 44.9 Å². The summed E-state index contributed by atoms with van der Waals surface area (Å²) in [6.07, 6.45) is 1.05. The molecule has 2 aromatic carbocycles. The normalized spacial score (nSPS) is 10.8. The molecule has 0 spiro atoms. The van der Waals surface area contributed by atoms with Gasteiger partial charge < -0.3 is 20.3 Å². The van der Waals surface area contributed by atoms with E-state index in [0.717, 1.165) is 47.9 Å². The van der Waals surface area contributed by atoms with Gasteiger partial charge in [-0.05, 0) is 44.8 Å². The van der Waals surface area contributed by atoms with E-state index in [9.17, 15) is 0 Å². The highest BCUT2D eigenvalue weighted by Crippen LogP contribution is 2.22. The molecular formula is C23H29N5O. The SMILES string of the molecule is COc1ccc(CNc2nc(NCCCN(C)C)cc(-c3ccccc3)n2)cc1. The minimum absolute atomic E-state index is 0.609. The second kappa shape index (κ2) is 10.4. The number of anilines is 2. The van der Waals surface area contributed by atoms with Crippen LogP contribution in [0.15, 0.2) is 60.7 Å². The van der Waals surface area contributed by atoms with E-state index in [-0.39, 0.29) is 0 Å². The minimum Gasteiger partial charge on any atom is -0.497 e. The van der Waals surface area contributed by atoms with Gasteiger partial charge in [0.1, 0.15) is 11.6 Å². The van der Waals surface area contributed by atoms with Crippen molar-refractivity contribution < 1.29 is 4.74 Å². The molecule has 2 N–H and O–H groups in total. The molecule has 0 atom stereocenters. The molecule has 1 heterocycles. The minimum atomic E-state index is 0.609. The highest BCUT2D eigenvalue weighted by atomic mass is 16.5. The van der Waals surface area contributed by atoms with Crippen LogP contribution < -0.4 is 15.4 Å². The molecule has 0 aliphatic heterocycles. The second-order valence-corrected chi connectivity index (χ2v) is 7.11. The van der Waals surface area contributed by atoms with E-state index in [2.05, 4.69) is 46.7 Å². The number of ether oxygens (including phenoxy) is 1. The van der Waals surface area contributed by atoms with Crippen LogP contribution in [0.25, 0.3) is 11.3 Å². The fourth-order valence-electron chi connectivity index (χ4n) is 2.91. The number of nitrogens with one attached hydrogen (secondary N) is 2. The Kier molecular flexibility index (Phi) is 7.41. The third-order valence-electron chi connectivity index (χ3n) is 4.49. The van der Waals surface area contributed by atoms with Gasteiger partial charge >= 0.3 is 0 Å². The van der Waals surface area contributed by atoms with E-state index in [0.29, 0.717) is 12.5 Å². The highest BCUT2D eigenvalue weighted by Gasteiger charge is 2.07. The lowest BCUT2D eigenvalue weighted by atomic mass is 10.1. The van der Waals surface area contributed by atoms with E-state index in [1.54, 1.807) is 7.11 Å². The van der Waals surface area contributed by atoms with Gasteiger partial charge in [-0.1, -0.05) is 42.5 Å². The highest BCUT2D eigenvalue weighted by molar-refractivity contribution is 5.64. The van der Waals surface area contributed by atoms with Crippen LogP contribution in [0.2, 0.25) is 0 Å². The van der Waals surface area contributed by atoms with Gasteiger partial charge in [-0.3, -0.25) is 0 Å². The fourth-order valence-corrected chi connectivity index (χ4v) is 2.91. The molecule has 0 radical (unpaired) electrons. The summed E-state index contributed by atoms with van der Waals surface area (Å²) in [6.45, 7) is 2.54. The molecule has 29 heavy (non-hydrogen) atoms. The molecule has 3 aromatic rings. The first-order chi connectivity index (χ1) is 14.1. The molecule has 1 aromatic heterocycles. The smallest absolute Gasteiger partial charge is 0.225 e. The molecule has 0 saturated carbocycles. The predicted molar refractivity (Wildman–Crippen MR) is 119 cm³/mol. The molecule has 0 unspecified atom stereocenters. The fraction of sp³-hybridized carbons (Fsp3) is 0.304. The van der Waals surface area contributed by atoms with Crippen LogP contribution in [-0.2, 0) is 6.54 Å². The third-order valence-corrected chi connectivity index (χ3v) is 4.49. The van der Waals surface area contributed by atoms with Crippen LogP contribution in [0.3, 0.4) is 0 Å². The largest absolute Gasteiger partial charge is 0.497 e. The van der Waals surface area contributed by atoms with E-state index in [4.69, 9.17) is 9.72 Å². The molecule has 0 amide bonds. The number of hydrogen-bond donors (Lipinski definition) is 2. The van der Waals surface area contributed by atoms with Gasteiger partial charge in [0.05, 0.1) is 12.8 Å². The maximum atomic E-state index is 5.22. The van der Waals surface area contributed by atoms with Crippen molar-refractivity contribution in [3.05, 3.63) is 66.2 Å². The van der Waals surface area contributed by atoms with Gasteiger partial charge in [0.15, 0.2) is 0 Å². The van der Waals surface area contributed by atoms with E-state index < -0.39 is 0 Å². The lowest BCUT2D eigenvalue weighted by Gasteiger charge is -2.13. The summed E-state index contributed by atoms with van der Waals surface area (Å²) in [5, 5.41) is 6.78. The summed E-state index contributed by atoms with van der Waals surface area (Å²) < 4.78 is 5.22. The molecule has 6 heteroatoms. The second-order valence-electron chi connectivity index (χ2n) is 7.11. The third kappa shape index (κ3) is 6.47. The lowest BCUT2D eigenvalue weighted by Crippen LogP contribution is -2.17. The van der Waals surface area contributed by atoms with Crippen LogP contribution in [0, 0.1) is 0 Å². The first-order valence-electron chi connectivity index (χ1n) is 9.84. The van der Waals surface area contributed by atoms with Crippen molar-refractivity contribution in [1.82, 2.24) is 14.9 Å². The summed E-state index contributed by atoms with van der Waals surface area (Å²) >= 11 is 0. The number of hydrogen-bond acceptors (Lipinski definition) is 6. The number of nitrogens with zero attached hydrogens (tertiary/aromatic N) is 3. The van der Waals surface area contributed by atoms with Crippen LogP contribution in [-0.4, -0.2) is 49.2 Å². The van der Waals surface area contributed by atoms with Crippen molar-refractivity contribution in [2.24, 2.45) is 0 Å². The van der Waals surface area contributed by atoms with Crippen molar-refractivity contribution in [2.45, 2.75) is 13.0 Å². The van der Waals surface area contributed by atoms with Crippen molar-refractivity contribution >= 4 is 11.8 Å². The number of rotatable bonds is 10. The average Bonchev–Trinajstić information content (AvgIpc) is 2.76. The zero-order chi connectivity index (χ0) is 20.5. The molecule has 6 nitrogen and oxygen atoms in total. The molecule has 0 saturated heterocycles. The summed E-state index contributed by atoms with van der Waals surface area (Å²) in [7, 11) is 5.84. The zero-order valence-corrected chi connectivity index (χ0v) is 17.4. The maximum Gasteiger partial charge on any atom is 0.225 e. The van der Waals surface area contributed by atoms with Crippen LogP contribution in [0.5, 0.6) is 5.75 Å². The Balaban J connectivity index is 1.74. The summed E-state index contributed by atoms with van der Waals surface area (Å²) in [5.74, 6) is 2.28. The molecule has 3 rings (SSSR count). The Morgan fingerprint density at radius 3 is 2.38 bits per heavy atom. The Hall–Kier alpha value is -3.12. The van der Waals surface area contributed by atoms with Gasteiger partial charge in [0.2, 0.25) is 5.95 Å².